The van der Waals surface area contributed by atoms with Crippen molar-refractivity contribution in [2.24, 2.45) is 0 Å². The van der Waals surface area contributed by atoms with Crippen LogP contribution in [0.2, 0.25) is 0 Å². The molecule has 0 saturated heterocycles. The molecule has 0 N–H and O–H groups in total. The zero-order valence-electron chi connectivity index (χ0n) is 15.0. The highest BCUT2D eigenvalue weighted by atomic mass is 16.5. The third kappa shape index (κ3) is 6.46. The van der Waals surface area contributed by atoms with Gasteiger partial charge in [-0.25, -0.2) is 4.79 Å². The van der Waals surface area contributed by atoms with Crippen molar-refractivity contribution in [1.29, 1.82) is 0 Å². The van der Waals surface area contributed by atoms with Crippen LogP contribution >= 0.6 is 0 Å². The minimum Gasteiger partial charge on any atom is -0.490 e. The molecule has 3 heteroatoms. The molecule has 0 aliphatic rings. The number of rotatable bonds is 9. The van der Waals surface area contributed by atoms with Crippen molar-refractivity contribution in [3.63, 3.8) is 0 Å². The van der Waals surface area contributed by atoms with Gasteiger partial charge < -0.3 is 9.47 Å². The Balaban J connectivity index is 1.82. The quantitative estimate of drug-likeness (QED) is 0.460. The predicted octanol–water partition coefficient (Wildman–Crippen LogP) is 5.30. The van der Waals surface area contributed by atoms with Crippen LogP contribution in [0.4, 0.5) is 0 Å². The highest BCUT2D eigenvalue weighted by molar-refractivity contribution is 5.89. The number of benzene rings is 2. The molecule has 25 heavy (non-hydrogen) atoms. The van der Waals surface area contributed by atoms with Gasteiger partial charge in [-0.15, -0.1) is 0 Å². The zero-order valence-corrected chi connectivity index (χ0v) is 15.0. The first-order chi connectivity index (χ1) is 12.2. The number of esters is 1. The fourth-order valence-corrected chi connectivity index (χ4v) is 2.53. The van der Waals surface area contributed by atoms with Crippen molar-refractivity contribution in [2.75, 3.05) is 13.7 Å². The molecule has 132 valence electrons. The minimum absolute atomic E-state index is 0.361. The lowest BCUT2D eigenvalue weighted by atomic mass is 10.1. The smallest absolute Gasteiger partial charge is 0.337 e. The van der Waals surface area contributed by atoms with Gasteiger partial charge >= 0.3 is 5.97 Å². The van der Waals surface area contributed by atoms with Gasteiger partial charge in [-0.3, -0.25) is 0 Å². The Morgan fingerprint density at radius 3 is 2.60 bits per heavy atom. The van der Waals surface area contributed by atoms with Crippen LogP contribution in [0.15, 0.2) is 54.6 Å². The minimum atomic E-state index is -0.361. The summed E-state index contributed by atoms with van der Waals surface area (Å²) in [6.45, 7) is 2.67. The van der Waals surface area contributed by atoms with Crippen LogP contribution in [0.3, 0.4) is 0 Å². The van der Waals surface area contributed by atoms with E-state index in [0.29, 0.717) is 17.9 Å². The van der Waals surface area contributed by atoms with Crippen LogP contribution in [-0.4, -0.2) is 19.7 Å². The molecule has 3 nitrogen and oxygen atoms in total. The van der Waals surface area contributed by atoms with E-state index in [9.17, 15) is 4.79 Å². The van der Waals surface area contributed by atoms with Crippen LogP contribution in [-0.2, 0) is 11.2 Å². The first-order valence-corrected chi connectivity index (χ1v) is 8.79. The Kier molecular flexibility index (Phi) is 7.77. The fourth-order valence-electron chi connectivity index (χ4n) is 2.53. The van der Waals surface area contributed by atoms with Crippen molar-refractivity contribution in [3.05, 3.63) is 71.3 Å². The molecule has 0 aliphatic heterocycles. The van der Waals surface area contributed by atoms with E-state index >= 15 is 0 Å². The van der Waals surface area contributed by atoms with Gasteiger partial charge in [0.1, 0.15) is 12.4 Å². The summed E-state index contributed by atoms with van der Waals surface area (Å²) in [5.41, 5.74) is 3.04. The Hall–Kier alpha value is -2.55. The first-order valence-electron chi connectivity index (χ1n) is 8.79. The van der Waals surface area contributed by atoms with Crippen molar-refractivity contribution < 1.29 is 14.3 Å². The average Bonchev–Trinajstić information content (AvgIpc) is 2.66. The molecule has 0 spiro atoms. The lowest BCUT2D eigenvalue weighted by Gasteiger charge is -2.05. The van der Waals surface area contributed by atoms with Gasteiger partial charge in [0.05, 0.1) is 12.7 Å². The third-order valence-electron chi connectivity index (χ3n) is 3.96. The summed E-state index contributed by atoms with van der Waals surface area (Å²) >= 11 is 0. The SMILES string of the molecule is CCCCCc1ccc(/C=C/COc2cccc(C(=O)OC)c2)cc1. The zero-order chi connectivity index (χ0) is 17.9. The van der Waals surface area contributed by atoms with Crippen molar-refractivity contribution in [1.82, 2.24) is 0 Å². The number of hydrogen-bond donors (Lipinski definition) is 0. The summed E-state index contributed by atoms with van der Waals surface area (Å²) in [4.78, 5) is 11.5. The highest BCUT2D eigenvalue weighted by Gasteiger charge is 2.05. The predicted molar refractivity (Wildman–Crippen MR) is 102 cm³/mol. The van der Waals surface area contributed by atoms with Crippen molar-refractivity contribution in [3.8, 4) is 5.75 Å². The Morgan fingerprint density at radius 2 is 1.88 bits per heavy atom. The lowest BCUT2D eigenvalue weighted by Crippen LogP contribution is -2.01. The first kappa shape index (κ1) is 18.8. The normalized spacial score (nSPS) is 10.8. The molecule has 2 aromatic rings. The van der Waals surface area contributed by atoms with Crippen LogP contribution in [0.25, 0.3) is 6.08 Å². The summed E-state index contributed by atoms with van der Waals surface area (Å²) in [7, 11) is 1.37. The monoisotopic (exact) mass is 338 g/mol. The molecule has 0 aromatic heterocycles. The summed E-state index contributed by atoms with van der Waals surface area (Å²) in [6, 6.07) is 15.6. The van der Waals surface area contributed by atoms with Gasteiger partial charge in [0, 0.05) is 0 Å². The summed E-state index contributed by atoms with van der Waals surface area (Å²) in [5, 5.41) is 0. The van der Waals surface area contributed by atoms with E-state index in [1.54, 1.807) is 18.2 Å². The third-order valence-corrected chi connectivity index (χ3v) is 3.96. The second kappa shape index (κ2) is 10.3. The number of aryl methyl sites for hydroxylation is 1. The van der Waals surface area contributed by atoms with Crippen molar-refractivity contribution in [2.45, 2.75) is 32.6 Å². The maximum Gasteiger partial charge on any atom is 0.337 e. The standard InChI is InChI=1S/C22H26O3/c1-3-4-5-8-18-12-14-19(15-13-18)9-7-16-25-21-11-6-10-20(17-21)22(23)24-2/h6-7,9-15,17H,3-5,8,16H2,1-2H3/b9-7+. The van der Waals surface area contributed by atoms with Crippen LogP contribution in [0.5, 0.6) is 5.75 Å². The molecule has 0 unspecified atom stereocenters. The molecule has 0 atom stereocenters. The number of ether oxygens (including phenoxy) is 2. The second-order valence-electron chi connectivity index (χ2n) is 5.93. The van der Waals surface area contributed by atoms with E-state index in [2.05, 4.69) is 31.2 Å². The number of unbranched alkanes of at least 4 members (excludes halogenated alkanes) is 2. The van der Waals surface area contributed by atoms with Crippen LogP contribution in [0.1, 0.15) is 47.7 Å². The second-order valence-corrected chi connectivity index (χ2v) is 5.93. The molecular weight excluding hydrogens is 312 g/mol. The molecule has 0 fully saturated rings. The Labute approximate surface area is 150 Å². The fraction of sp³-hybridized carbons (Fsp3) is 0.318. The van der Waals surface area contributed by atoms with E-state index in [1.165, 1.54) is 31.9 Å². The lowest BCUT2D eigenvalue weighted by molar-refractivity contribution is 0.0600. The number of hydrogen-bond acceptors (Lipinski definition) is 3. The topological polar surface area (TPSA) is 35.5 Å². The molecule has 0 radical (unpaired) electrons. The van der Waals surface area contributed by atoms with Crippen molar-refractivity contribution >= 4 is 12.0 Å². The number of carbonyl (C=O) groups is 1. The van der Waals surface area contributed by atoms with E-state index < -0.39 is 0 Å². The summed E-state index contributed by atoms with van der Waals surface area (Å²) in [5.74, 6) is 0.291. The maximum atomic E-state index is 11.5. The van der Waals surface area contributed by atoms with Crippen LogP contribution < -0.4 is 4.74 Å². The van der Waals surface area contributed by atoms with E-state index in [-0.39, 0.29) is 5.97 Å². The van der Waals surface area contributed by atoms with Crippen LogP contribution in [0, 0.1) is 0 Å². The van der Waals surface area contributed by atoms with Gasteiger partial charge in [-0.2, -0.15) is 0 Å². The number of methoxy groups -OCH3 is 1. The molecule has 0 saturated carbocycles. The Morgan fingerprint density at radius 1 is 1.08 bits per heavy atom. The van der Waals surface area contributed by atoms with Gasteiger partial charge in [0.25, 0.3) is 0 Å². The molecule has 0 heterocycles. The van der Waals surface area contributed by atoms with Gasteiger partial charge in [-0.1, -0.05) is 56.2 Å². The molecule has 2 aromatic carbocycles. The van der Waals surface area contributed by atoms with Gasteiger partial charge in [-0.05, 0) is 48.2 Å². The molecule has 0 amide bonds. The average molecular weight is 338 g/mol. The van der Waals surface area contributed by atoms with Gasteiger partial charge in [0.2, 0.25) is 0 Å². The van der Waals surface area contributed by atoms with E-state index in [4.69, 9.17) is 9.47 Å². The molecular formula is C22H26O3. The Bertz CT molecular complexity index is 687. The summed E-state index contributed by atoms with van der Waals surface area (Å²) < 4.78 is 10.4. The molecule has 0 aliphatic carbocycles. The molecule has 0 bridgehead atoms. The molecule has 2 rings (SSSR count). The van der Waals surface area contributed by atoms with Gasteiger partial charge in [0.15, 0.2) is 0 Å². The summed E-state index contributed by atoms with van der Waals surface area (Å²) in [6.07, 6.45) is 8.96. The van der Waals surface area contributed by atoms with E-state index in [0.717, 1.165) is 12.0 Å². The maximum absolute atomic E-state index is 11.5. The highest BCUT2D eigenvalue weighted by Crippen LogP contribution is 2.14. The largest absolute Gasteiger partial charge is 0.490 e. The van der Waals surface area contributed by atoms with E-state index in [1.807, 2.05) is 18.2 Å². The number of carbonyl (C=O) groups excluding carboxylic acids is 1.